The number of rotatable bonds is 13. The predicted molar refractivity (Wildman–Crippen MR) is 119 cm³/mol. The SMILES string of the molecule is CCCCCCCCOc1ccc(C2(CCCCC)CCCCC2)cc1C. The second-order valence-electron chi connectivity index (χ2n) is 8.89. The van der Waals surface area contributed by atoms with Crippen molar-refractivity contribution in [1.29, 1.82) is 0 Å². The zero-order valence-corrected chi connectivity index (χ0v) is 18.5. The second-order valence-corrected chi connectivity index (χ2v) is 8.89. The van der Waals surface area contributed by atoms with E-state index in [9.17, 15) is 0 Å². The maximum atomic E-state index is 6.12. The lowest BCUT2D eigenvalue weighted by molar-refractivity contribution is 0.265. The van der Waals surface area contributed by atoms with E-state index in [0.29, 0.717) is 5.41 Å². The molecule has 0 unspecified atom stereocenters. The fourth-order valence-electron chi connectivity index (χ4n) is 4.83. The highest BCUT2D eigenvalue weighted by molar-refractivity contribution is 5.39. The predicted octanol–water partition coefficient (Wildman–Crippen LogP) is 8.52. The summed E-state index contributed by atoms with van der Waals surface area (Å²) in [5, 5.41) is 0. The lowest BCUT2D eigenvalue weighted by Crippen LogP contribution is -2.29. The number of benzene rings is 1. The summed E-state index contributed by atoms with van der Waals surface area (Å²) in [5.74, 6) is 1.10. The molecular weight excluding hydrogens is 328 g/mol. The number of hydrogen-bond donors (Lipinski definition) is 0. The van der Waals surface area contributed by atoms with Crippen molar-refractivity contribution in [2.24, 2.45) is 0 Å². The van der Waals surface area contributed by atoms with E-state index in [4.69, 9.17) is 4.74 Å². The maximum absolute atomic E-state index is 6.12. The highest BCUT2D eigenvalue weighted by Gasteiger charge is 2.33. The van der Waals surface area contributed by atoms with Crippen molar-refractivity contribution in [3.63, 3.8) is 0 Å². The summed E-state index contributed by atoms with van der Waals surface area (Å²) in [7, 11) is 0. The molecule has 0 radical (unpaired) electrons. The van der Waals surface area contributed by atoms with Crippen LogP contribution in [0.4, 0.5) is 0 Å². The fraction of sp³-hybridized carbons (Fsp3) is 0.769. The van der Waals surface area contributed by atoms with E-state index in [1.165, 1.54) is 102 Å². The molecule has 0 spiro atoms. The molecule has 1 nitrogen and oxygen atoms in total. The summed E-state index contributed by atoms with van der Waals surface area (Å²) in [4.78, 5) is 0. The van der Waals surface area contributed by atoms with Crippen LogP contribution in [0.2, 0.25) is 0 Å². The largest absolute Gasteiger partial charge is 0.493 e. The van der Waals surface area contributed by atoms with E-state index in [1.54, 1.807) is 5.56 Å². The summed E-state index contributed by atoms with van der Waals surface area (Å²) in [6.45, 7) is 7.70. The molecule has 1 fully saturated rings. The van der Waals surface area contributed by atoms with Crippen molar-refractivity contribution in [2.45, 2.75) is 122 Å². The molecular formula is C26H44O. The van der Waals surface area contributed by atoms with Gasteiger partial charge in [0.05, 0.1) is 6.61 Å². The fourth-order valence-corrected chi connectivity index (χ4v) is 4.83. The zero-order valence-electron chi connectivity index (χ0n) is 18.5. The highest BCUT2D eigenvalue weighted by Crippen LogP contribution is 2.44. The molecule has 0 saturated heterocycles. The molecule has 2 rings (SSSR count). The first-order valence-electron chi connectivity index (χ1n) is 12.0. The van der Waals surface area contributed by atoms with Crippen molar-refractivity contribution in [1.82, 2.24) is 0 Å². The van der Waals surface area contributed by atoms with Crippen LogP contribution in [-0.2, 0) is 5.41 Å². The molecule has 0 aliphatic heterocycles. The molecule has 1 aliphatic carbocycles. The van der Waals surface area contributed by atoms with Gasteiger partial charge < -0.3 is 4.74 Å². The molecule has 0 atom stereocenters. The van der Waals surface area contributed by atoms with Gasteiger partial charge >= 0.3 is 0 Å². The molecule has 154 valence electrons. The van der Waals surface area contributed by atoms with Gasteiger partial charge in [-0.3, -0.25) is 0 Å². The molecule has 0 N–H and O–H groups in total. The van der Waals surface area contributed by atoms with Gasteiger partial charge in [-0.1, -0.05) is 96.6 Å². The summed E-state index contributed by atoms with van der Waals surface area (Å²) in [6, 6.07) is 7.10. The summed E-state index contributed by atoms with van der Waals surface area (Å²) < 4.78 is 6.12. The average molecular weight is 373 g/mol. The number of ether oxygens (including phenoxy) is 1. The van der Waals surface area contributed by atoms with Crippen LogP contribution in [0.3, 0.4) is 0 Å². The van der Waals surface area contributed by atoms with E-state index in [2.05, 4.69) is 39.0 Å². The standard InChI is InChI=1S/C26H44O/c1-4-6-8-9-10-15-21-27-25-17-16-24(22-23(25)3)26(18-12-7-5-2)19-13-11-14-20-26/h16-17,22H,4-15,18-21H2,1-3H3. The normalized spacial score (nSPS) is 16.4. The van der Waals surface area contributed by atoms with Crippen molar-refractivity contribution >= 4 is 0 Å². The summed E-state index contributed by atoms with van der Waals surface area (Å²) in [5.41, 5.74) is 3.36. The Hall–Kier alpha value is -0.980. The molecule has 0 amide bonds. The highest BCUT2D eigenvalue weighted by atomic mass is 16.5. The van der Waals surface area contributed by atoms with Crippen molar-refractivity contribution < 1.29 is 4.74 Å². The molecule has 1 aromatic carbocycles. The first-order valence-corrected chi connectivity index (χ1v) is 12.0. The second kappa shape index (κ2) is 12.5. The van der Waals surface area contributed by atoms with Crippen LogP contribution >= 0.6 is 0 Å². The third-order valence-electron chi connectivity index (χ3n) is 6.61. The number of hydrogen-bond acceptors (Lipinski definition) is 1. The topological polar surface area (TPSA) is 9.23 Å². The van der Waals surface area contributed by atoms with Gasteiger partial charge in [0.15, 0.2) is 0 Å². The number of aryl methyl sites for hydroxylation is 1. The number of unbranched alkanes of at least 4 members (excludes halogenated alkanes) is 7. The van der Waals surface area contributed by atoms with Crippen LogP contribution < -0.4 is 4.74 Å². The minimum Gasteiger partial charge on any atom is -0.493 e. The van der Waals surface area contributed by atoms with Gasteiger partial charge in [-0.05, 0) is 55.2 Å². The zero-order chi connectivity index (χ0) is 19.4. The lowest BCUT2D eigenvalue weighted by atomic mass is 9.66. The van der Waals surface area contributed by atoms with E-state index in [-0.39, 0.29) is 0 Å². The van der Waals surface area contributed by atoms with Crippen LogP contribution in [0.25, 0.3) is 0 Å². The minimum atomic E-state index is 0.440. The monoisotopic (exact) mass is 372 g/mol. The average Bonchev–Trinajstić information content (AvgIpc) is 2.69. The Balaban J connectivity index is 1.90. The van der Waals surface area contributed by atoms with E-state index in [1.807, 2.05) is 0 Å². The molecule has 0 bridgehead atoms. The van der Waals surface area contributed by atoms with Crippen LogP contribution in [0.5, 0.6) is 5.75 Å². The molecule has 1 saturated carbocycles. The summed E-state index contributed by atoms with van der Waals surface area (Å²) >= 11 is 0. The molecule has 0 aromatic heterocycles. The van der Waals surface area contributed by atoms with E-state index >= 15 is 0 Å². The smallest absolute Gasteiger partial charge is 0.122 e. The molecule has 1 heteroatoms. The molecule has 27 heavy (non-hydrogen) atoms. The van der Waals surface area contributed by atoms with Crippen molar-refractivity contribution in [3.8, 4) is 5.75 Å². The van der Waals surface area contributed by atoms with Gasteiger partial charge in [-0.25, -0.2) is 0 Å². The van der Waals surface area contributed by atoms with Gasteiger partial charge in [0.2, 0.25) is 0 Å². The first-order chi connectivity index (χ1) is 13.2. The Labute approximate surface area is 169 Å². The Kier molecular flexibility index (Phi) is 10.3. The lowest BCUT2D eigenvalue weighted by Gasteiger charge is -2.38. The van der Waals surface area contributed by atoms with Crippen LogP contribution in [0.1, 0.15) is 121 Å². The van der Waals surface area contributed by atoms with Crippen LogP contribution in [0.15, 0.2) is 18.2 Å². The Morgan fingerprint density at radius 3 is 2.19 bits per heavy atom. The third kappa shape index (κ3) is 7.16. The van der Waals surface area contributed by atoms with Crippen molar-refractivity contribution in [3.05, 3.63) is 29.3 Å². The van der Waals surface area contributed by atoms with Gasteiger partial charge in [0, 0.05) is 0 Å². The third-order valence-corrected chi connectivity index (χ3v) is 6.61. The Bertz CT molecular complexity index is 513. The van der Waals surface area contributed by atoms with Gasteiger partial charge in [-0.2, -0.15) is 0 Å². The van der Waals surface area contributed by atoms with Crippen molar-refractivity contribution in [2.75, 3.05) is 6.61 Å². The molecule has 1 aliphatic rings. The Morgan fingerprint density at radius 2 is 1.48 bits per heavy atom. The van der Waals surface area contributed by atoms with Gasteiger partial charge in [-0.15, -0.1) is 0 Å². The Morgan fingerprint density at radius 1 is 0.815 bits per heavy atom. The van der Waals surface area contributed by atoms with Gasteiger partial charge in [0.1, 0.15) is 5.75 Å². The van der Waals surface area contributed by atoms with E-state index in [0.717, 1.165) is 12.4 Å². The van der Waals surface area contributed by atoms with Crippen LogP contribution in [0, 0.1) is 6.92 Å². The quantitative estimate of drug-likeness (QED) is 0.315. The maximum Gasteiger partial charge on any atom is 0.122 e. The first kappa shape index (κ1) is 22.3. The molecule has 0 heterocycles. The van der Waals surface area contributed by atoms with E-state index < -0.39 is 0 Å². The summed E-state index contributed by atoms with van der Waals surface area (Å²) in [6.07, 6.45) is 20.4. The minimum absolute atomic E-state index is 0.440. The van der Waals surface area contributed by atoms with Gasteiger partial charge in [0.25, 0.3) is 0 Å². The molecule has 1 aromatic rings. The van der Waals surface area contributed by atoms with Crippen LogP contribution in [-0.4, -0.2) is 6.61 Å².